The highest BCUT2D eigenvalue weighted by Gasteiger charge is 2.05. The number of ketones is 1. The SMILES string of the molecule is CC(=O)c1ccc(-c2cn3cc(Cl)ccc3n2)cc1. The van der Waals surface area contributed by atoms with Crippen LogP contribution in [0.2, 0.25) is 5.02 Å². The predicted molar refractivity (Wildman–Crippen MR) is 75.6 cm³/mol. The van der Waals surface area contributed by atoms with Gasteiger partial charge < -0.3 is 4.40 Å². The maximum absolute atomic E-state index is 11.2. The Morgan fingerprint density at radius 2 is 1.84 bits per heavy atom. The number of halogens is 1. The van der Waals surface area contributed by atoms with Crippen LogP contribution in [0.5, 0.6) is 0 Å². The van der Waals surface area contributed by atoms with Gasteiger partial charge in [0.1, 0.15) is 5.65 Å². The first-order chi connectivity index (χ1) is 9.13. The van der Waals surface area contributed by atoms with Gasteiger partial charge in [0.15, 0.2) is 5.78 Å². The first kappa shape index (κ1) is 11.9. The van der Waals surface area contributed by atoms with Crippen LogP contribution >= 0.6 is 11.6 Å². The molecule has 0 aliphatic heterocycles. The third-order valence-electron chi connectivity index (χ3n) is 3.00. The molecule has 0 aliphatic rings. The fourth-order valence-corrected chi connectivity index (χ4v) is 2.15. The molecule has 1 aromatic carbocycles. The molecule has 0 saturated carbocycles. The fourth-order valence-electron chi connectivity index (χ4n) is 1.98. The van der Waals surface area contributed by atoms with Gasteiger partial charge >= 0.3 is 0 Å². The van der Waals surface area contributed by atoms with Crippen LogP contribution in [-0.2, 0) is 0 Å². The van der Waals surface area contributed by atoms with E-state index in [0.717, 1.165) is 16.9 Å². The van der Waals surface area contributed by atoms with Crippen molar-refractivity contribution in [2.75, 3.05) is 0 Å². The minimum absolute atomic E-state index is 0.0633. The highest BCUT2D eigenvalue weighted by atomic mass is 35.5. The molecule has 0 radical (unpaired) electrons. The summed E-state index contributed by atoms with van der Waals surface area (Å²) in [4.78, 5) is 15.8. The zero-order valence-corrected chi connectivity index (χ0v) is 11.1. The Hall–Kier alpha value is -2.13. The van der Waals surface area contributed by atoms with Gasteiger partial charge in [0.2, 0.25) is 0 Å². The van der Waals surface area contributed by atoms with E-state index in [1.54, 1.807) is 6.92 Å². The molecule has 2 aromatic heterocycles. The van der Waals surface area contributed by atoms with E-state index < -0.39 is 0 Å². The van der Waals surface area contributed by atoms with Crippen LogP contribution in [0.15, 0.2) is 48.8 Å². The van der Waals surface area contributed by atoms with Crippen molar-refractivity contribution in [1.29, 1.82) is 0 Å². The standard InChI is InChI=1S/C15H11ClN2O/c1-10(19)11-2-4-12(5-3-11)14-9-18-8-13(16)6-7-15(18)17-14/h2-9H,1H3. The lowest BCUT2D eigenvalue weighted by molar-refractivity contribution is 0.101. The predicted octanol–water partition coefficient (Wildman–Crippen LogP) is 3.86. The smallest absolute Gasteiger partial charge is 0.159 e. The summed E-state index contributed by atoms with van der Waals surface area (Å²) in [6.07, 6.45) is 3.74. The van der Waals surface area contributed by atoms with Crippen molar-refractivity contribution >= 4 is 23.0 Å². The van der Waals surface area contributed by atoms with Gasteiger partial charge in [0.25, 0.3) is 0 Å². The highest BCUT2D eigenvalue weighted by molar-refractivity contribution is 6.30. The summed E-state index contributed by atoms with van der Waals surface area (Å²) in [5.41, 5.74) is 3.38. The maximum atomic E-state index is 11.2. The molecule has 0 atom stereocenters. The van der Waals surface area contributed by atoms with Gasteiger partial charge in [-0.15, -0.1) is 0 Å². The highest BCUT2D eigenvalue weighted by Crippen LogP contribution is 2.21. The van der Waals surface area contributed by atoms with Crippen LogP contribution < -0.4 is 0 Å². The molecule has 4 heteroatoms. The zero-order valence-electron chi connectivity index (χ0n) is 10.3. The van der Waals surface area contributed by atoms with E-state index in [0.29, 0.717) is 10.6 Å². The average molecular weight is 271 g/mol. The van der Waals surface area contributed by atoms with Crippen LogP contribution in [-0.4, -0.2) is 15.2 Å². The van der Waals surface area contributed by atoms with Crippen molar-refractivity contribution < 1.29 is 4.79 Å². The summed E-state index contributed by atoms with van der Waals surface area (Å²) >= 11 is 5.94. The Bertz CT molecular complexity index is 759. The van der Waals surface area contributed by atoms with Crippen LogP contribution in [0, 0.1) is 0 Å². The third-order valence-corrected chi connectivity index (χ3v) is 3.23. The van der Waals surface area contributed by atoms with Crippen molar-refractivity contribution in [1.82, 2.24) is 9.38 Å². The lowest BCUT2D eigenvalue weighted by atomic mass is 10.1. The van der Waals surface area contributed by atoms with Crippen LogP contribution in [0.1, 0.15) is 17.3 Å². The van der Waals surface area contributed by atoms with E-state index in [2.05, 4.69) is 4.98 Å². The number of carbonyl (C=O) groups excluding carboxylic acids is 1. The molecule has 3 rings (SSSR count). The fraction of sp³-hybridized carbons (Fsp3) is 0.0667. The van der Waals surface area contributed by atoms with Crippen molar-refractivity contribution in [3.05, 3.63) is 59.4 Å². The monoisotopic (exact) mass is 270 g/mol. The third kappa shape index (κ3) is 2.25. The first-order valence-corrected chi connectivity index (χ1v) is 6.27. The van der Waals surface area contributed by atoms with Crippen LogP contribution in [0.4, 0.5) is 0 Å². The van der Waals surface area contributed by atoms with Gasteiger partial charge in [0.05, 0.1) is 10.7 Å². The van der Waals surface area contributed by atoms with Crippen molar-refractivity contribution in [2.24, 2.45) is 0 Å². The Kier molecular flexibility index (Phi) is 2.84. The number of aromatic nitrogens is 2. The molecule has 0 fully saturated rings. The average Bonchev–Trinajstić information content (AvgIpc) is 2.81. The van der Waals surface area contributed by atoms with Gasteiger partial charge in [-0.2, -0.15) is 0 Å². The van der Waals surface area contributed by atoms with Gasteiger partial charge in [-0.05, 0) is 19.1 Å². The summed E-state index contributed by atoms with van der Waals surface area (Å²) in [7, 11) is 0. The number of hydrogen-bond donors (Lipinski definition) is 0. The molecule has 2 heterocycles. The maximum Gasteiger partial charge on any atom is 0.159 e. The lowest BCUT2D eigenvalue weighted by Crippen LogP contribution is -1.90. The number of Topliss-reactive ketones (excluding diaryl/α,β-unsaturated/α-hetero) is 1. The second-order valence-corrected chi connectivity index (χ2v) is 4.81. The van der Waals surface area contributed by atoms with E-state index in [9.17, 15) is 4.79 Å². The summed E-state index contributed by atoms with van der Waals surface area (Å²) in [6.45, 7) is 1.56. The molecule has 0 spiro atoms. The molecule has 3 nitrogen and oxygen atoms in total. The number of nitrogens with zero attached hydrogens (tertiary/aromatic N) is 2. The van der Waals surface area contributed by atoms with Gasteiger partial charge in [-0.3, -0.25) is 4.79 Å². The Morgan fingerprint density at radius 1 is 1.11 bits per heavy atom. The van der Waals surface area contributed by atoms with Crippen molar-refractivity contribution in [3.63, 3.8) is 0 Å². The second-order valence-electron chi connectivity index (χ2n) is 4.37. The van der Waals surface area contributed by atoms with Gasteiger partial charge in [0, 0.05) is 23.5 Å². The molecule has 0 aliphatic carbocycles. The van der Waals surface area contributed by atoms with E-state index >= 15 is 0 Å². The molecule has 0 amide bonds. The van der Waals surface area contributed by atoms with E-state index in [4.69, 9.17) is 11.6 Å². The topological polar surface area (TPSA) is 34.4 Å². The Morgan fingerprint density at radius 3 is 2.53 bits per heavy atom. The quantitative estimate of drug-likeness (QED) is 0.663. The largest absolute Gasteiger partial charge is 0.305 e. The summed E-state index contributed by atoms with van der Waals surface area (Å²) < 4.78 is 1.89. The number of fused-ring (bicyclic) bond motifs is 1. The van der Waals surface area contributed by atoms with Crippen LogP contribution in [0.3, 0.4) is 0 Å². The molecule has 3 aromatic rings. The van der Waals surface area contributed by atoms with Gasteiger partial charge in [-0.1, -0.05) is 35.9 Å². The van der Waals surface area contributed by atoms with Gasteiger partial charge in [-0.25, -0.2) is 4.98 Å². The number of pyridine rings is 1. The molecule has 19 heavy (non-hydrogen) atoms. The summed E-state index contributed by atoms with van der Waals surface area (Å²) in [5, 5.41) is 0.670. The van der Waals surface area contributed by atoms with E-state index in [1.807, 2.05) is 53.2 Å². The number of benzene rings is 1. The van der Waals surface area contributed by atoms with Crippen LogP contribution in [0.25, 0.3) is 16.9 Å². The molecule has 0 unspecified atom stereocenters. The Balaban J connectivity index is 2.06. The van der Waals surface area contributed by atoms with Crippen molar-refractivity contribution in [2.45, 2.75) is 6.92 Å². The minimum atomic E-state index is 0.0633. The van der Waals surface area contributed by atoms with E-state index in [1.165, 1.54) is 0 Å². The normalized spacial score (nSPS) is 10.8. The summed E-state index contributed by atoms with van der Waals surface area (Å²) in [6, 6.07) is 11.1. The minimum Gasteiger partial charge on any atom is -0.305 e. The molecule has 0 N–H and O–H groups in total. The number of carbonyl (C=O) groups is 1. The second kappa shape index (κ2) is 4.52. The van der Waals surface area contributed by atoms with E-state index in [-0.39, 0.29) is 5.78 Å². The molecule has 0 bridgehead atoms. The molecule has 94 valence electrons. The molecule has 0 saturated heterocycles. The van der Waals surface area contributed by atoms with Crippen molar-refractivity contribution in [3.8, 4) is 11.3 Å². The Labute approximate surface area is 115 Å². The number of hydrogen-bond acceptors (Lipinski definition) is 2. The lowest BCUT2D eigenvalue weighted by Gasteiger charge is -1.98. The number of rotatable bonds is 2. The zero-order chi connectivity index (χ0) is 13.4. The first-order valence-electron chi connectivity index (χ1n) is 5.89. The molecular formula is C15H11ClN2O. The molecular weight excluding hydrogens is 260 g/mol. The summed E-state index contributed by atoms with van der Waals surface area (Å²) in [5.74, 6) is 0.0633. The number of imidazole rings is 1.